The van der Waals surface area contributed by atoms with Gasteiger partial charge in [0.2, 0.25) is 0 Å². The van der Waals surface area contributed by atoms with Crippen LogP contribution in [0.4, 0.5) is 0 Å². The van der Waals surface area contributed by atoms with Gasteiger partial charge < -0.3 is 14.8 Å². The summed E-state index contributed by atoms with van der Waals surface area (Å²) in [4.78, 5) is 23.4. The molecule has 2 N–H and O–H groups in total. The van der Waals surface area contributed by atoms with Gasteiger partial charge in [-0.15, -0.1) is 0 Å². The van der Waals surface area contributed by atoms with Gasteiger partial charge >= 0.3 is 0 Å². The van der Waals surface area contributed by atoms with Crippen molar-refractivity contribution >= 4 is 5.78 Å². The van der Waals surface area contributed by atoms with Crippen LogP contribution in [0.5, 0.6) is 0 Å². The van der Waals surface area contributed by atoms with Crippen LogP contribution in [0.25, 0.3) is 0 Å². The predicted octanol–water partition coefficient (Wildman–Crippen LogP) is -0.279. The molecule has 0 fully saturated rings. The van der Waals surface area contributed by atoms with Crippen molar-refractivity contribution in [1.29, 1.82) is 0 Å². The second-order valence-corrected chi connectivity index (χ2v) is 4.26. The molecule has 0 saturated heterocycles. The van der Waals surface area contributed by atoms with Crippen LogP contribution in [0.1, 0.15) is 28.9 Å². The number of aliphatic hydroxyl groups excluding tert-OH is 2. The van der Waals surface area contributed by atoms with Crippen LogP contribution in [0.2, 0.25) is 0 Å². The summed E-state index contributed by atoms with van der Waals surface area (Å²) in [6.07, 6.45) is 0.921. The molecule has 5 nitrogen and oxygen atoms in total. The molecule has 1 aromatic heterocycles. The second kappa shape index (κ2) is 4.81. The Balaban J connectivity index is 2.46. The van der Waals surface area contributed by atoms with Gasteiger partial charge in [-0.2, -0.15) is 0 Å². The number of hydrogen-bond donors (Lipinski definition) is 2. The van der Waals surface area contributed by atoms with E-state index in [0.29, 0.717) is 24.1 Å². The first kappa shape index (κ1) is 12.0. The lowest BCUT2D eigenvalue weighted by molar-refractivity contribution is 0.0790. The lowest BCUT2D eigenvalue weighted by atomic mass is 9.94. The molecule has 5 heteroatoms. The van der Waals surface area contributed by atoms with Crippen molar-refractivity contribution in [2.24, 2.45) is 0 Å². The molecule has 1 aliphatic rings. The summed E-state index contributed by atoms with van der Waals surface area (Å²) in [6, 6.07) is 2.90. The largest absolute Gasteiger partial charge is 0.394 e. The Morgan fingerprint density at radius 3 is 2.76 bits per heavy atom. The van der Waals surface area contributed by atoms with E-state index in [1.807, 2.05) is 0 Å². The Morgan fingerprint density at radius 1 is 1.29 bits per heavy atom. The van der Waals surface area contributed by atoms with Crippen LogP contribution in [0, 0.1) is 0 Å². The fraction of sp³-hybridized carbons (Fsp3) is 0.500. The zero-order chi connectivity index (χ0) is 12.4. The topological polar surface area (TPSA) is 79.5 Å². The molecule has 0 bridgehead atoms. The summed E-state index contributed by atoms with van der Waals surface area (Å²) in [6.45, 7) is -0.365. The third-order valence-corrected chi connectivity index (χ3v) is 3.02. The van der Waals surface area contributed by atoms with Gasteiger partial charge in [-0.05, 0) is 18.9 Å². The molecular formula is C12H15NO4. The lowest BCUT2D eigenvalue weighted by Crippen LogP contribution is -2.33. The molecule has 92 valence electrons. The molecule has 2 rings (SSSR count). The van der Waals surface area contributed by atoms with Crippen LogP contribution in [-0.4, -0.2) is 33.3 Å². The standard InChI is InChI=1S/C12H15NO4/c14-7-8(15)6-13-10-2-1-3-11(16)9(10)4-5-12(13)17/h4-5,8,14-15H,1-3,6-7H2. The second-order valence-electron chi connectivity index (χ2n) is 4.26. The van der Waals surface area contributed by atoms with Crippen molar-refractivity contribution in [3.8, 4) is 0 Å². The quantitative estimate of drug-likeness (QED) is 0.757. The maximum atomic E-state index is 11.7. The zero-order valence-corrected chi connectivity index (χ0v) is 9.43. The summed E-state index contributed by atoms with van der Waals surface area (Å²) >= 11 is 0. The van der Waals surface area contributed by atoms with E-state index < -0.39 is 12.7 Å². The Morgan fingerprint density at radius 2 is 2.06 bits per heavy atom. The first-order valence-electron chi connectivity index (χ1n) is 5.68. The van der Waals surface area contributed by atoms with Gasteiger partial charge in [-0.25, -0.2) is 0 Å². The van der Waals surface area contributed by atoms with E-state index in [2.05, 4.69) is 0 Å². The maximum absolute atomic E-state index is 11.7. The van der Waals surface area contributed by atoms with E-state index in [1.165, 1.54) is 10.6 Å². The number of hydrogen-bond acceptors (Lipinski definition) is 4. The molecule has 0 saturated carbocycles. The Hall–Kier alpha value is -1.46. The number of pyridine rings is 1. The first-order valence-corrected chi connectivity index (χ1v) is 5.68. The van der Waals surface area contributed by atoms with Crippen molar-refractivity contribution < 1.29 is 15.0 Å². The molecule has 0 aliphatic heterocycles. The number of ketones is 1. The number of Topliss-reactive ketones (excluding diaryl/α,β-unsaturated/α-hetero) is 1. The van der Waals surface area contributed by atoms with E-state index in [9.17, 15) is 14.7 Å². The number of aromatic nitrogens is 1. The fourth-order valence-corrected chi connectivity index (χ4v) is 2.16. The minimum Gasteiger partial charge on any atom is -0.394 e. The summed E-state index contributed by atoms with van der Waals surface area (Å²) in [7, 11) is 0. The Bertz CT molecular complexity index is 492. The molecule has 0 amide bonds. The van der Waals surface area contributed by atoms with Crippen molar-refractivity contribution in [3.05, 3.63) is 33.7 Å². The minimum atomic E-state index is -0.976. The average Bonchev–Trinajstić information content (AvgIpc) is 2.33. The normalized spacial score (nSPS) is 16.7. The fourth-order valence-electron chi connectivity index (χ4n) is 2.16. The van der Waals surface area contributed by atoms with Gasteiger partial charge in [0.05, 0.1) is 19.3 Å². The van der Waals surface area contributed by atoms with Crippen molar-refractivity contribution in [1.82, 2.24) is 4.57 Å². The third-order valence-electron chi connectivity index (χ3n) is 3.02. The highest BCUT2D eigenvalue weighted by Gasteiger charge is 2.21. The SMILES string of the molecule is O=C1CCCc2c1ccc(=O)n2CC(O)CO. The van der Waals surface area contributed by atoms with Crippen molar-refractivity contribution in [2.45, 2.75) is 31.9 Å². The van der Waals surface area contributed by atoms with Crippen LogP contribution in [-0.2, 0) is 13.0 Å². The predicted molar refractivity (Wildman–Crippen MR) is 61.1 cm³/mol. The summed E-state index contributed by atoms with van der Waals surface area (Å²) in [5.41, 5.74) is 1.01. The highest BCUT2D eigenvalue weighted by molar-refractivity contribution is 5.97. The molecule has 1 aromatic rings. The van der Waals surface area contributed by atoms with Crippen LogP contribution < -0.4 is 5.56 Å². The monoisotopic (exact) mass is 237 g/mol. The molecule has 17 heavy (non-hydrogen) atoms. The number of carbonyl (C=O) groups is 1. The molecule has 0 spiro atoms. The summed E-state index contributed by atoms with van der Waals surface area (Å²) in [5, 5.41) is 18.2. The number of aliphatic hydroxyl groups is 2. The number of rotatable bonds is 3. The molecular weight excluding hydrogens is 222 g/mol. The Labute approximate surface area is 98.3 Å². The van der Waals surface area contributed by atoms with Gasteiger partial charge in [0, 0.05) is 23.7 Å². The lowest BCUT2D eigenvalue weighted by Gasteiger charge is -2.21. The van der Waals surface area contributed by atoms with Crippen molar-refractivity contribution in [2.75, 3.05) is 6.61 Å². The van der Waals surface area contributed by atoms with E-state index in [4.69, 9.17) is 5.11 Å². The first-order chi connectivity index (χ1) is 8.13. The third kappa shape index (κ3) is 2.30. The zero-order valence-electron chi connectivity index (χ0n) is 9.43. The molecule has 1 heterocycles. The highest BCUT2D eigenvalue weighted by Crippen LogP contribution is 2.19. The summed E-state index contributed by atoms with van der Waals surface area (Å²) in [5.74, 6) is 0.0403. The van der Waals surface area contributed by atoms with Crippen LogP contribution >= 0.6 is 0 Å². The van der Waals surface area contributed by atoms with Gasteiger partial charge in [-0.3, -0.25) is 9.59 Å². The van der Waals surface area contributed by atoms with E-state index >= 15 is 0 Å². The average molecular weight is 237 g/mol. The summed E-state index contributed by atoms with van der Waals surface area (Å²) < 4.78 is 1.40. The molecule has 1 aliphatic carbocycles. The van der Waals surface area contributed by atoms with Gasteiger partial charge in [0.1, 0.15) is 0 Å². The number of carbonyl (C=O) groups excluding carboxylic acids is 1. The smallest absolute Gasteiger partial charge is 0.250 e. The molecule has 1 unspecified atom stereocenters. The van der Waals surface area contributed by atoms with Gasteiger partial charge in [-0.1, -0.05) is 0 Å². The van der Waals surface area contributed by atoms with E-state index in [-0.39, 0.29) is 17.9 Å². The van der Waals surface area contributed by atoms with Gasteiger partial charge in [0.15, 0.2) is 5.78 Å². The van der Waals surface area contributed by atoms with E-state index in [0.717, 1.165) is 6.42 Å². The minimum absolute atomic E-state index is 0.0335. The van der Waals surface area contributed by atoms with Gasteiger partial charge in [0.25, 0.3) is 5.56 Å². The number of nitrogens with zero attached hydrogens (tertiary/aromatic N) is 1. The molecule has 1 atom stereocenters. The number of fused-ring (bicyclic) bond motifs is 1. The maximum Gasteiger partial charge on any atom is 0.250 e. The Kier molecular flexibility index (Phi) is 3.40. The van der Waals surface area contributed by atoms with Crippen LogP contribution in [0.15, 0.2) is 16.9 Å². The highest BCUT2D eigenvalue weighted by atomic mass is 16.3. The van der Waals surface area contributed by atoms with Crippen molar-refractivity contribution in [3.63, 3.8) is 0 Å². The molecule has 0 aromatic carbocycles. The van der Waals surface area contributed by atoms with Crippen LogP contribution in [0.3, 0.4) is 0 Å². The molecule has 0 radical (unpaired) electrons. The van der Waals surface area contributed by atoms with E-state index in [1.54, 1.807) is 6.07 Å².